The zero-order valence-electron chi connectivity index (χ0n) is 17.4. The maximum absolute atomic E-state index is 13.4. The number of hydrogen-bond donors (Lipinski definition) is 1. The minimum Gasteiger partial charge on any atom is -0.482 e. The van der Waals surface area contributed by atoms with Gasteiger partial charge in [-0.3, -0.25) is 9.59 Å². The molecule has 3 aromatic rings. The Labute approximate surface area is 182 Å². The van der Waals surface area contributed by atoms with E-state index < -0.39 is 5.92 Å². The molecule has 1 N–H and O–H groups in total. The van der Waals surface area contributed by atoms with E-state index in [4.69, 9.17) is 4.74 Å². The van der Waals surface area contributed by atoms with Crippen molar-refractivity contribution in [2.45, 2.75) is 12.8 Å². The summed E-state index contributed by atoms with van der Waals surface area (Å²) in [6, 6.07) is 24.7. The average Bonchev–Trinajstić information content (AvgIpc) is 2.77. The fourth-order valence-corrected chi connectivity index (χ4v) is 3.72. The van der Waals surface area contributed by atoms with Crippen molar-refractivity contribution in [2.24, 2.45) is 0 Å². The Morgan fingerprint density at radius 3 is 2.23 bits per heavy atom. The van der Waals surface area contributed by atoms with Gasteiger partial charge in [0.2, 0.25) is 5.91 Å². The number of carbonyl (C=O) groups is 2. The molecule has 3 aromatic carbocycles. The van der Waals surface area contributed by atoms with E-state index in [1.54, 1.807) is 23.1 Å². The first kappa shape index (κ1) is 20.4. The van der Waals surface area contributed by atoms with Gasteiger partial charge in [-0.15, -0.1) is 0 Å². The number of hydrogen-bond acceptors (Lipinski definition) is 3. The van der Waals surface area contributed by atoms with Crippen molar-refractivity contribution in [3.05, 3.63) is 102 Å². The standard InChI is InChI=1S/C26H24N2O3/c1-18(2)16-28-22-15-21(13-14-23(22)31-17-24(28)29)27-26(30)25(19-9-5-3-6-10-19)20-11-7-4-8-12-20/h3-15,25H,1,16-17H2,2H3,(H,27,30). The van der Waals surface area contributed by atoms with Crippen LogP contribution in [0.4, 0.5) is 11.4 Å². The SMILES string of the molecule is C=C(C)CN1C(=O)COc2ccc(NC(=O)C(c3ccccc3)c3ccccc3)cc21. The van der Waals surface area contributed by atoms with Crippen LogP contribution in [0.25, 0.3) is 0 Å². The van der Waals surface area contributed by atoms with Gasteiger partial charge in [-0.2, -0.15) is 0 Å². The molecule has 4 rings (SSSR count). The van der Waals surface area contributed by atoms with E-state index in [0.717, 1.165) is 16.7 Å². The van der Waals surface area contributed by atoms with E-state index >= 15 is 0 Å². The van der Waals surface area contributed by atoms with E-state index in [1.165, 1.54) is 0 Å². The molecule has 0 fully saturated rings. The van der Waals surface area contributed by atoms with Gasteiger partial charge in [0.15, 0.2) is 6.61 Å². The third kappa shape index (κ3) is 4.51. The third-order valence-electron chi connectivity index (χ3n) is 5.13. The molecule has 0 unspecified atom stereocenters. The molecule has 1 heterocycles. The lowest BCUT2D eigenvalue weighted by molar-refractivity contribution is -0.121. The topological polar surface area (TPSA) is 58.6 Å². The normalized spacial score (nSPS) is 12.8. The second-order valence-corrected chi connectivity index (χ2v) is 7.65. The first-order chi connectivity index (χ1) is 15.0. The van der Waals surface area contributed by atoms with Crippen LogP contribution in [0.2, 0.25) is 0 Å². The highest BCUT2D eigenvalue weighted by atomic mass is 16.5. The molecule has 0 bridgehead atoms. The van der Waals surface area contributed by atoms with Gasteiger partial charge in [0.05, 0.1) is 11.6 Å². The molecule has 5 heteroatoms. The predicted octanol–water partition coefficient (Wildman–Crippen LogP) is 4.76. The highest BCUT2D eigenvalue weighted by Gasteiger charge is 2.27. The fourth-order valence-electron chi connectivity index (χ4n) is 3.72. The van der Waals surface area contributed by atoms with E-state index in [9.17, 15) is 9.59 Å². The predicted molar refractivity (Wildman–Crippen MR) is 122 cm³/mol. The zero-order chi connectivity index (χ0) is 21.8. The molecule has 0 saturated heterocycles. The van der Waals surface area contributed by atoms with Gasteiger partial charge < -0.3 is 15.0 Å². The molecule has 0 aromatic heterocycles. The van der Waals surface area contributed by atoms with Gasteiger partial charge in [-0.05, 0) is 36.2 Å². The highest BCUT2D eigenvalue weighted by Crippen LogP contribution is 2.35. The Balaban J connectivity index is 1.65. The fraction of sp³-hybridized carbons (Fsp3) is 0.154. The minimum absolute atomic E-state index is 0.00389. The summed E-state index contributed by atoms with van der Waals surface area (Å²) in [5, 5.41) is 3.02. The summed E-state index contributed by atoms with van der Waals surface area (Å²) in [4.78, 5) is 27.4. The van der Waals surface area contributed by atoms with Crippen LogP contribution < -0.4 is 15.0 Å². The summed E-state index contributed by atoms with van der Waals surface area (Å²) >= 11 is 0. The highest BCUT2D eigenvalue weighted by molar-refractivity contribution is 6.01. The number of amides is 2. The largest absolute Gasteiger partial charge is 0.482 e. The van der Waals surface area contributed by atoms with Gasteiger partial charge in [0, 0.05) is 12.2 Å². The first-order valence-corrected chi connectivity index (χ1v) is 10.2. The Morgan fingerprint density at radius 1 is 1.03 bits per heavy atom. The van der Waals surface area contributed by atoms with Crippen LogP contribution >= 0.6 is 0 Å². The molecule has 0 aliphatic carbocycles. The van der Waals surface area contributed by atoms with Crippen LogP contribution in [0.5, 0.6) is 5.75 Å². The summed E-state index contributed by atoms with van der Waals surface area (Å²) in [5.74, 6) is -0.123. The van der Waals surface area contributed by atoms with Crippen LogP contribution in [0.1, 0.15) is 24.0 Å². The molecule has 1 aliphatic heterocycles. The van der Waals surface area contributed by atoms with Crippen molar-refractivity contribution in [3.63, 3.8) is 0 Å². The van der Waals surface area contributed by atoms with Gasteiger partial charge in [-0.1, -0.05) is 72.8 Å². The maximum atomic E-state index is 13.4. The lowest BCUT2D eigenvalue weighted by Crippen LogP contribution is -2.39. The van der Waals surface area contributed by atoms with Crippen molar-refractivity contribution < 1.29 is 14.3 Å². The summed E-state index contributed by atoms with van der Waals surface area (Å²) < 4.78 is 5.56. The van der Waals surface area contributed by atoms with E-state index in [2.05, 4.69) is 11.9 Å². The number of nitrogens with one attached hydrogen (secondary N) is 1. The molecule has 1 aliphatic rings. The lowest BCUT2D eigenvalue weighted by Gasteiger charge is -2.30. The Bertz CT molecular complexity index is 1070. The second kappa shape index (κ2) is 8.88. The van der Waals surface area contributed by atoms with E-state index in [-0.39, 0.29) is 18.4 Å². The number of ether oxygens (including phenoxy) is 1. The molecule has 156 valence electrons. The molecule has 0 atom stereocenters. The van der Waals surface area contributed by atoms with Crippen molar-refractivity contribution in [2.75, 3.05) is 23.4 Å². The zero-order valence-corrected chi connectivity index (χ0v) is 17.4. The molecule has 5 nitrogen and oxygen atoms in total. The number of fused-ring (bicyclic) bond motifs is 1. The Kier molecular flexibility index (Phi) is 5.85. The van der Waals surface area contributed by atoms with Gasteiger partial charge in [0.25, 0.3) is 5.91 Å². The number of rotatable bonds is 6. The minimum atomic E-state index is -0.456. The van der Waals surface area contributed by atoms with Crippen molar-refractivity contribution in [1.29, 1.82) is 0 Å². The quantitative estimate of drug-likeness (QED) is 0.594. The molecule has 0 spiro atoms. The van der Waals surface area contributed by atoms with Crippen molar-refractivity contribution in [1.82, 2.24) is 0 Å². The molecule has 31 heavy (non-hydrogen) atoms. The van der Waals surface area contributed by atoms with Crippen molar-refractivity contribution in [3.8, 4) is 5.75 Å². The van der Waals surface area contributed by atoms with Crippen LogP contribution in [-0.2, 0) is 9.59 Å². The molecule has 2 amide bonds. The lowest BCUT2D eigenvalue weighted by atomic mass is 9.90. The molecule has 0 saturated carbocycles. The summed E-state index contributed by atoms with van der Waals surface area (Å²) in [6.45, 7) is 6.19. The monoisotopic (exact) mass is 412 g/mol. The second-order valence-electron chi connectivity index (χ2n) is 7.65. The first-order valence-electron chi connectivity index (χ1n) is 10.2. The number of nitrogens with zero attached hydrogens (tertiary/aromatic N) is 1. The molecule has 0 radical (unpaired) electrons. The summed E-state index contributed by atoms with van der Waals surface area (Å²) in [6.07, 6.45) is 0. The Morgan fingerprint density at radius 2 is 1.65 bits per heavy atom. The van der Waals surface area contributed by atoms with Gasteiger partial charge >= 0.3 is 0 Å². The number of benzene rings is 3. The van der Waals surface area contributed by atoms with E-state index in [1.807, 2.05) is 67.6 Å². The molecular formula is C26H24N2O3. The van der Waals surface area contributed by atoms with Gasteiger partial charge in [0.1, 0.15) is 5.75 Å². The smallest absolute Gasteiger partial charge is 0.265 e. The van der Waals surface area contributed by atoms with Crippen LogP contribution in [0.3, 0.4) is 0 Å². The summed E-state index contributed by atoms with van der Waals surface area (Å²) in [5.41, 5.74) is 3.92. The van der Waals surface area contributed by atoms with Crippen LogP contribution in [0, 0.1) is 0 Å². The van der Waals surface area contributed by atoms with Crippen LogP contribution in [-0.4, -0.2) is 25.0 Å². The van der Waals surface area contributed by atoms with Crippen LogP contribution in [0.15, 0.2) is 91.0 Å². The van der Waals surface area contributed by atoms with Gasteiger partial charge in [-0.25, -0.2) is 0 Å². The van der Waals surface area contributed by atoms with Crippen molar-refractivity contribution >= 4 is 23.2 Å². The number of carbonyl (C=O) groups excluding carboxylic acids is 2. The summed E-state index contributed by atoms with van der Waals surface area (Å²) in [7, 11) is 0. The van der Waals surface area contributed by atoms with E-state index in [0.29, 0.717) is 23.7 Å². The third-order valence-corrected chi connectivity index (χ3v) is 5.13. The Hall–Kier alpha value is -3.86. The number of anilines is 2. The molecular weight excluding hydrogens is 388 g/mol. The maximum Gasteiger partial charge on any atom is 0.265 e. The average molecular weight is 412 g/mol.